The molecule has 0 atom stereocenters. The molecule has 1 fully saturated rings. The Morgan fingerprint density at radius 1 is 1.33 bits per heavy atom. The van der Waals surface area contributed by atoms with Crippen LogP contribution >= 0.6 is 11.6 Å². The van der Waals surface area contributed by atoms with Crippen LogP contribution in [0.5, 0.6) is 6.01 Å². The number of halogens is 1. The average Bonchev–Trinajstić information content (AvgIpc) is 2.14. The summed E-state index contributed by atoms with van der Waals surface area (Å²) in [6.07, 6.45) is 3.48. The van der Waals surface area contributed by atoms with Gasteiger partial charge in [0.2, 0.25) is 11.2 Å². The number of nitrogens with one attached hydrogen (secondary N) is 1. The molecule has 0 bridgehead atoms. The van der Waals surface area contributed by atoms with Gasteiger partial charge in [-0.1, -0.05) is 0 Å². The molecular formula is C9H13ClN4O. The van der Waals surface area contributed by atoms with Gasteiger partial charge in [-0.15, -0.1) is 0 Å². The van der Waals surface area contributed by atoms with Crippen molar-refractivity contribution < 1.29 is 4.74 Å². The van der Waals surface area contributed by atoms with Crippen molar-refractivity contribution in [3.63, 3.8) is 0 Å². The molecular weight excluding hydrogens is 216 g/mol. The minimum atomic E-state index is 0.0930. The van der Waals surface area contributed by atoms with Crippen LogP contribution in [0.2, 0.25) is 5.28 Å². The Kier molecular flexibility index (Phi) is 2.65. The Labute approximate surface area is 93.2 Å². The Hall–Kier alpha value is -1.10. The molecule has 0 amide bonds. The number of aromatic nitrogens is 3. The van der Waals surface area contributed by atoms with E-state index < -0.39 is 0 Å². The molecule has 82 valence electrons. The normalized spacial score (nSPS) is 18.1. The van der Waals surface area contributed by atoms with Crippen molar-refractivity contribution in [2.24, 2.45) is 0 Å². The zero-order valence-corrected chi connectivity index (χ0v) is 9.51. The summed E-state index contributed by atoms with van der Waals surface area (Å²) in [6, 6.07) is 0.237. The van der Waals surface area contributed by atoms with Gasteiger partial charge in [0, 0.05) is 5.54 Å². The first-order valence-electron chi connectivity index (χ1n) is 4.85. The van der Waals surface area contributed by atoms with Crippen LogP contribution in [0.25, 0.3) is 0 Å². The maximum atomic E-state index is 5.74. The first-order valence-corrected chi connectivity index (χ1v) is 5.23. The Bertz CT molecular complexity index is 367. The smallest absolute Gasteiger partial charge is 0.322 e. The van der Waals surface area contributed by atoms with Crippen LogP contribution in [0, 0.1) is 0 Å². The third-order valence-electron chi connectivity index (χ3n) is 2.64. The maximum Gasteiger partial charge on any atom is 0.322 e. The number of ether oxygens (including phenoxy) is 1. The highest BCUT2D eigenvalue weighted by Crippen LogP contribution is 2.33. The summed E-state index contributed by atoms with van der Waals surface area (Å²) in [6.45, 7) is 2.14. The van der Waals surface area contributed by atoms with E-state index in [2.05, 4.69) is 27.2 Å². The van der Waals surface area contributed by atoms with Gasteiger partial charge in [0.05, 0.1) is 7.11 Å². The molecule has 1 aromatic heterocycles. The molecule has 0 spiro atoms. The zero-order chi connectivity index (χ0) is 10.9. The minimum absolute atomic E-state index is 0.0930. The molecule has 2 rings (SSSR count). The molecule has 1 aromatic rings. The minimum Gasteiger partial charge on any atom is -0.467 e. The van der Waals surface area contributed by atoms with E-state index in [1.165, 1.54) is 13.5 Å². The Morgan fingerprint density at radius 2 is 2.07 bits per heavy atom. The van der Waals surface area contributed by atoms with E-state index in [1.54, 1.807) is 0 Å². The molecule has 0 aromatic carbocycles. The number of nitrogens with zero attached hydrogens (tertiary/aromatic N) is 3. The standard InChI is InChI=1S/C9H13ClN4O/c1-9(4-3-5-9)14-7-11-6(10)12-8(13-7)15-2/h3-5H2,1-2H3,(H,11,12,13,14). The average molecular weight is 229 g/mol. The lowest BCUT2D eigenvalue weighted by Gasteiger charge is -2.39. The van der Waals surface area contributed by atoms with Crippen LogP contribution in [0.3, 0.4) is 0 Å². The molecule has 1 aliphatic rings. The van der Waals surface area contributed by atoms with Crippen molar-refractivity contribution >= 4 is 17.5 Å². The summed E-state index contributed by atoms with van der Waals surface area (Å²) < 4.78 is 4.92. The van der Waals surface area contributed by atoms with Crippen molar-refractivity contribution in [3.05, 3.63) is 5.28 Å². The van der Waals surface area contributed by atoms with E-state index in [4.69, 9.17) is 16.3 Å². The number of anilines is 1. The molecule has 15 heavy (non-hydrogen) atoms. The monoisotopic (exact) mass is 228 g/mol. The van der Waals surface area contributed by atoms with Crippen molar-refractivity contribution in [3.8, 4) is 6.01 Å². The second-order valence-electron chi connectivity index (χ2n) is 3.95. The van der Waals surface area contributed by atoms with Gasteiger partial charge in [0.15, 0.2) is 0 Å². The van der Waals surface area contributed by atoms with E-state index in [9.17, 15) is 0 Å². The van der Waals surface area contributed by atoms with Gasteiger partial charge in [0.1, 0.15) is 0 Å². The highest BCUT2D eigenvalue weighted by molar-refractivity contribution is 6.28. The Morgan fingerprint density at radius 3 is 2.60 bits per heavy atom. The zero-order valence-electron chi connectivity index (χ0n) is 8.75. The van der Waals surface area contributed by atoms with Crippen LogP contribution in [0.1, 0.15) is 26.2 Å². The maximum absolute atomic E-state index is 5.74. The van der Waals surface area contributed by atoms with Crippen LogP contribution < -0.4 is 10.1 Å². The quantitative estimate of drug-likeness (QED) is 0.856. The van der Waals surface area contributed by atoms with Gasteiger partial charge in [-0.3, -0.25) is 0 Å². The van der Waals surface area contributed by atoms with Crippen LogP contribution in [0.15, 0.2) is 0 Å². The summed E-state index contributed by atoms with van der Waals surface area (Å²) in [5.74, 6) is 0.481. The van der Waals surface area contributed by atoms with Gasteiger partial charge < -0.3 is 10.1 Å². The summed E-state index contributed by atoms with van der Waals surface area (Å²) in [7, 11) is 1.50. The number of rotatable bonds is 3. The van der Waals surface area contributed by atoms with Crippen LogP contribution in [-0.2, 0) is 0 Å². The molecule has 1 aliphatic carbocycles. The summed E-state index contributed by atoms with van der Waals surface area (Å²) in [5.41, 5.74) is 0.0930. The van der Waals surface area contributed by atoms with Gasteiger partial charge in [0.25, 0.3) is 0 Å². The number of hydrogen-bond donors (Lipinski definition) is 1. The number of methoxy groups -OCH3 is 1. The highest BCUT2D eigenvalue weighted by atomic mass is 35.5. The van der Waals surface area contributed by atoms with E-state index in [0.29, 0.717) is 5.95 Å². The van der Waals surface area contributed by atoms with Crippen molar-refractivity contribution in [1.29, 1.82) is 0 Å². The largest absolute Gasteiger partial charge is 0.467 e. The molecule has 1 heterocycles. The van der Waals surface area contributed by atoms with Crippen molar-refractivity contribution in [1.82, 2.24) is 15.0 Å². The molecule has 6 heteroatoms. The van der Waals surface area contributed by atoms with Crippen molar-refractivity contribution in [2.45, 2.75) is 31.7 Å². The molecule has 0 saturated heterocycles. The topological polar surface area (TPSA) is 59.9 Å². The van der Waals surface area contributed by atoms with Crippen LogP contribution in [-0.4, -0.2) is 27.6 Å². The van der Waals surface area contributed by atoms with Gasteiger partial charge >= 0.3 is 6.01 Å². The highest BCUT2D eigenvalue weighted by Gasteiger charge is 2.32. The lowest BCUT2D eigenvalue weighted by atomic mass is 9.79. The van der Waals surface area contributed by atoms with Crippen molar-refractivity contribution in [2.75, 3.05) is 12.4 Å². The second kappa shape index (κ2) is 3.81. The third-order valence-corrected chi connectivity index (χ3v) is 2.81. The van der Waals surface area contributed by atoms with E-state index in [0.717, 1.165) is 12.8 Å². The molecule has 0 unspecified atom stereocenters. The summed E-state index contributed by atoms with van der Waals surface area (Å²) >= 11 is 5.74. The molecule has 5 nitrogen and oxygen atoms in total. The molecule has 0 aliphatic heterocycles. The van der Waals surface area contributed by atoms with Gasteiger partial charge in [-0.25, -0.2) is 0 Å². The second-order valence-corrected chi connectivity index (χ2v) is 4.29. The van der Waals surface area contributed by atoms with E-state index >= 15 is 0 Å². The molecule has 1 saturated carbocycles. The molecule has 0 radical (unpaired) electrons. The predicted molar refractivity (Wildman–Crippen MR) is 57.3 cm³/mol. The fourth-order valence-electron chi connectivity index (χ4n) is 1.58. The summed E-state index contributed by atoms with van der Waals surface area (Å²) in [4.78, 5) is 11.9. The lowest BCUT2D eigenvalue weighted by Crippen LogP contribution is -2.42. The Balaban J connectivity index is 2.16. The van der Waals surface area contributed by atoms with E-state index in [1.807, 2.05) is 0 Å². The predicted octanol–water partition coefficient (Wildman–Crippen LogP) is 1.89. The fourth-order valence-corrected chi connectivity index (χ4v) is 1.73. The molecule has 1 N–H and O–H groups in total. The van der Waals surface area contributed by atoms with Gasteiger partial charge in [-0.05, 0) is 37.8 Å². The van der Waals surface area contributed by atoms with E-state index in [-0.39, 0.29) is 16.8 Å². The number of hydrogen-bond acceptors (Lipinski definition) is 5. The first-order chi connectivity index (χ1) is 7.11. The first kappa shape index (κ1) is 10.4. The van der Waals surface area contributed by atoms with Gasteiger partial charge in [-0.2, -0.15) is 15.0 Å². The SMILES string of the molecule is COc1nc(Cl)nc(NC2(C)CCC2)n1. The lowest BCUT2D eigenvalue weighted by molar-refractivity contribution is 0.303. The fraction of sp³-hybridized carbons (Fsp3) is 0.667. The third kappa shape index (κ3) is 2.28. The van der Waals surface area contributed by atoms with Crippen LogP contribution in [0.4, 0.5) is 5.95 Å². The summed E-state index contributed by atoms with van der Waals surface area (Å²) in [5, 5.41) is 3.39.